The molecule has 0 aromatic heterocycles. The number of carboxylic acid groups (broad SMARTS) is 1. The highest BCUT2D eigenvalue weighted by molar-refractivity contribution is 5.76. The number of hydrogen-bond donors (Lipinski definition) is 3. The van der Waals surface area contributed by atoms with Crippen molar-refractivity contribution in [3.05, 3.63) is 35.9 Å². The molecular formula is C19H28N2O3. The maximum atomic E-state index is 11.6. The van der Waals surface area contributed by atoms with Gasteiger partial charge in [0.05, 0.1) is 11.5 Å². The van der Waals surface area contributed by atoms with Crippen molar-refractivity contribution in [2.75, 3.05) is 0 Å². The molecule has 24 heavy (non-hydrogen) atoms. The number of nitrogens with two attached hydrogens (primary N) is 1. The van der Waals surface area contributed by atoms with E-state index in [1.165, 1.54) is 12.5 Å². The summed E-state index contributed by atoms with van der Waals surface area (Å²) in [6, 6.07) is 10.1. The van der Waals surface area contributed by atoms with Gasteiger partial charge in [-0.3, -0.25) is 9.59 Å². The predicted octanol–water partition coefficient (Wildman–Crippen LogP) is 2.34. The lowest BCUT2D eigenvalue weighted by atomic mass is 9.62. The lowest BCUT2D eigenvalue weighted by Gasteiger charge is -2.50. The Bertz CT molecular complexity index is 567. The van der Waals surface area contributed by atoms with Gasteiger partial charge < -0.3 is 16.2 Å². The number of nitrogens with one attached hydrogen (secondary N) is 1. The average molecular weight is 332 g/mol. The molecule has 132 valence electrons. The summed E-state index contributed by atoms with van der Waals surface area (Å²) in [4.78, 5) is 22.7. The Hall–Kier alpha value is -1.88. The van der Waals surface area contributed by atoms with E-state index in [0.29, 0.717) is 18.8 Å². The van der Waals surface area contributed by atoms with Crippen molar-refractivity contribution < 1.29 is 14.7 Å². The van der Waals surface area contributed by atoms with Crippen LogP contribution in [-0.4, -0.2) is 28.6 Å². The van der Waals surface area contributed by atoms with Crippen LogP contribution in [0.3, 0.4) is 0 Å². The zero-order valence-electron chi connectivity index (χ0n) is 14.5. The molecule has 2 rings (SSSR count). The van der Waals surface area contributed by atoms with Crippen molar-refractivity contribution in [1.29, 1.82) is 0 Å². The van der Waals surface area contributed by atoms with E-state index < -0.39 is 17.4 Å². The molecule has 0 aliphatic heterocycles. The van der Waals surface area contributed by atoms with E-state index in [9.17, 15) is 9.59 Å². The molecule has 0 heterocycles. The van der Waals surface area contributed by atoms with E-state index in [4.69, 9.17) is 10.8 Å². The fourth-order valence-corrected chi connectivity index (χ4v) is 3.77. The highest BCUT2D eigenvalue weighted by atomic mass is 16.4. The molecule has 5 heteroatoms. The van der Waals surface area contributed by atoms with Gasteiger partial charge in [0.15, 0.2) is 0 Å². The fraction of sp³-hybridized carbons (Fsp3) is 0.579. The summed E-state index contributed by atoms with van der Waals surface area (Å²) in [7, 11) is 0. The number of aliphatic carboxylic acids is 1. The Morgan fingerprint density at radius 3 is 2.46 bits per heavy atom. The van der Waals surface area contributed by atoms with Crippen molar-refractivity contribution in [1.82, 2.24) is 5.32 Å². The predicted molar refractivity (Wildman–Crippen MR) is 93.4 cm³/mol. The van der Waals surface area contributed by atoms with Gasteiger partial charge in [-0.05, 0) is 37.2 Å². The number of carboxylic acids is 1. The van der Waals surface area contributed by atoms with Crippen LogP contribution in [0.25, 0.3) is 0 Å². The quantitative estimate of drug-likeness (QED) is 0.681. The summed E-state index contributed by atoms with van der Waals surface area (Å²) in [5, 5.41) is 12.1. The van der Waals surface area contributed by atoms with Gasteiger partial charge >= 0.3 is 5.97 Å². The summed E-state index contributed by atoms with van der Waals surface area (Å²) in [5.41, 5.74) is 7.16. The van der Waals surface area contributed by atoms with Crippen LogP contribution in [0.2, 0.25) is 0 Å². The van der Waals surface area contributed by atoms with Crippen LogP contribution in [0, 0.1) is 11.8 Å². The number of rotatable bonds is 8. The van der Waals surface area contributed by atoms with Gasteiger partial charge in [0.2, 0.25) is 5.91 Å². The lowest BCUT2D eigenvalue weighted by Crippen LogP contribution is -2.67. The monoisotopic (exact) mass is 332 g/mol. The molecule has 1 aliphatic rings. The van der Waals surface area contributed by atoms with E-state index >= 15 is 0 Å². The van der Waals surface area contributed by atoms with Gasteiger partial charge in [0, 0.05) is 13.0 Å². The first kappa shape index (κ1) is 18.5. The Labute approximate surface area is 143 Å². The van der Waals surface area contributed by atoms with Crippen LogP contribution in [0.1, 0.15) is 45.1 Å². The number of hydrogen-bond acceptors (Lipinski definition) is 3. The third kappa shape index (κ3) is 4.35. The third-order valence-corrected chi connectivity index (χ3v) is 5.24. The molecule has 0 saturated heterocycles. The first-order valence-electron chi connectivity index (χ1n) is 8.67. The molecule has 5 nitrogen and oxygen atoms in total. The SMILES string of the molecule is CCC(Cc1ccccc1)CC(N)C1(NC(C)=O)CC(C(=O)O)C1. The van der Waals surface area contributed by atoms with E-state index in [1.807, 2.05) is 18.2 Å². The van der Waals surface area contributed by atoms with Gasteiger partial charge in [-0.1, -0.05) is 43.7 Å². The van der Waals surface area contributed by atoms with Crippen LogP contribution >= 0.6 is 0 Å². The topological polar surface area (TPSA) is 92.4 Å². The average Bonchev–Trinajstić information content (AvgIpc) is 2.50. The van der Waals surface area contributed by atoms with Crippen molar-refractivity contribution in [3.63, 3.8) is 0 Å². The van der Waals surface area contributed by atoms with E-state index in [-0.39, 0.29) is 11.9 Å². The number of benzene rings is 1. The number of carbonyl (C=O) groups excluding carboxylic acids is 1. The van der Waals surface area contributed by atoms with Crippen LogP contribution in [0.5, 0.6) is 0 Å². The van der Waals surface area contributed by atoms with Crippen LogP contribution in [-0.2, 0) is 16.0 Å². The maximum absolute atomic E-state index is 11.6. The van der Waals surface area contributed by atoms with Crippen LogP contribution in [0.15, 0.2) is 30.3 Å². The number of carbonyl (C=O) groups is 2. The van der Waals surface area contributed by atoms with Gasteiger partial charge in [0.25, 0.3) is 0 Å². The Kier molecular flexibility index (Phi) is 5.99. The van der Waals surface area contributed by atoms with Crippen molar-refractivity contribution in [2.24, 2.45) is 17.6 Å². The maximum Gasteiger partial charge on any atom is 0.306 e. The summed E-state index contributed by atoms with van der Waals surface area (Å²) in [5.74, 6) is -0.945. The van der Waals surface area contributed by atoms with Crippen LogP contribution in [0.4, 0.5) is 0 Å². The van der Waals surface area contributed by atoms with Gasteiger partial charge in [0.1, 0.15) is 0 Å². The molecule has 1 aromatic rings. The second-order valence-electron chi connectivity index (χ2n) is 7.09. The fourth-order valence-electron chi connectivity index (χ4n) is 3.77. The second-order valence-corrected chi connectivity index (χ2v) is 7.09. The Balaban J connectivity index is 2.02. The van der Waals surface area contributed by atoms with Crippen molar-refractivity contribution >= 4 is 11.9 Å². The molecule has 1 fully saturated rings. The first-order valence-corrected chi connectivity index (χ1v) is 8.67. The summed E-state index contributed by atoms with van der Waals surface area (Å²) >= 11 is 0. The van der Waals surface area contributed by atoms with Gasteiger partial charge in [-0.2, -0.15) is 0 Å². The Morgan fingerprint density at radius 1 is 1.33 bits per heavy atom. The minimum atomic E-state index is -0.806. The largest absolute Gasteiger partial charge is 0.481 e. The van der Waals surface area contributed by atoms with Crippen LogP contribution < -0.4 is 11.1 Å². The van der Waals surface area contributed by atoms with Crippen molar-refractivity contribution in [3.8, 4) is 0 Å². The molecule has 0 bridgehead atoms. The summed E-state index contributed by atoms with van der Waals surface area (Å²) in [6.45, 7) is 3.61. The van der Waals surface area contributed by atoms with E-state index in [2.05, 4.69) is 24.4 Å². The molecule has 1 amide bonds. The highest BCUT2D eigenvalue weighted by Crippen LogP contribution is 2.42. The molecule has 1 saturated carbocycles. The normalized spacial score (nSPS) is 25.4. The zero-order chi connectivity index (χ0) is 17.7. The van der Waals surface area contributed by atoms with E-state index in [0.717, 1.165) is 19.3 Å². The molecule has 2 unspecified atom stereocenters. The summed E-state index contributed by atoms with van der Waals surface area (Å²) < 4.78 is 0. The second kappa shape index (κ2) is 7.79. The molecular weight excluding hydrogens is 304 g/mol. The minimum Gasteiger partial charge on any atom is -0.481 e. The molecule has 4 N–H and O–H groups in total. The first-order chi connectivity index (χ1) is 11.4. The number of amides is 1. The Morgan fingerprint density at radius 2 is 1.96 bits per heavy atom. The lowest BCUT2D eigenvalue weighted by molar-refractivity contribution is -0.150. The molecule has 0 radical (unpaired) electrons. The van der Waals surface area contributed by atoms with Gasteiger partial charge in [-0.25, -0.2) is 0 Å². The standard InChI is InChI=1S/C19H28N2O3/c1-3-14(9-15-7-5-4-6-8-15)10-17(20)19(21-13(2)22)11-16(12-19)18(23)24/h4-8,14,16-17H,3,9-12,20H2,1-2H3,(H,21,22)(H,23,24). The smallest absolute Gasteiger partial charge is 0.306 e. The molecule has 1 aliphatic carbocycles. The third-order valence-electron chi connectivity index (χ3n) is 5.24. The van der Waals surface area contributed by atoms with Gasteiger partial charge in [-0.15, -0.1) is 0 Å². The molecule has 0 spiro atoms. The molecule has 2 atom stereocenters. The molecule has 1 aromatic carbocycles. The van der Waals surface area contributed by atoms with E-state index in [1.54, 1.807) is 0 Å². The summed E-state index contributed by atoms with van der Waals surface area (Å²) in [6.07, 6.45) is 3.57. The zero-order valence-corrected chi connectivity index (χ0v) is 14.5. The van der Waals surface area contributed by atoms with Crippen molar-refractivity contribution in [2.45, 2.75) is 57.5 Å². The highest BCUT2D eigenvalue weighted by Gasteiger charge is 2.52. The minimum absolute atomic E-state index is 0.148.